The Labute approximate surface area is 137 Å². The van der Waals surface area contributed by atoms with Gasteiger partial charge in [0.2, 0.25) is 0 Å². The molecule has 0 aromatic heterocycles. The van der Waals surface area contributed by atoms with Gasteiger partial charge < -0.3 is 20.5 Å². The average molecular weight is 367 g/mol. The molecule has 2 rings (SSSR count). The van der Waals surface area contributed by atoms with E-state index in [4.69, 9.17) is 27.4 Å². The third kappa shape index (κ3) is 3.86. The number of halogens is 1. The van der Waals surface area contributed by atoms with Crippen LogP contribution in [0.15, 0.2) is 40.9 Å². The fourth-order valence-electron chi connectivity index (χ4n) is 1.80. The molecule has 6 heteroatoms. The quantitative estimate of drug-likeness (QED) is 0.787. The van der Waals surface area contributed by atoms with Crippen LogP contribution in [0, 0.1) is 0 Å². The van der Waals surface area contributed by atoms with Gasteiger partial charge in [-0.1, -0.05) is 12.2 Å². The summed E-state index contributed by atoms with van der Waals surface area (Å²) in [5.74, 6) is 1.43. The number of nitrogens with two attached hydrogens (primary N) is 1. The molecule has 110 valence electrons. The predicted molar refractivity (Wildman–Crippen MR) is 92.9 cm³/mol. The van der Waals surface area contributed by atoms with Crippen molar-refractivity contribution in [2.24, 2.45) is 5.73 Å². The second-order valence-electron chi connectivity index (χ2n) is 4.29. The van der Waals surface area contributed by atoms with E-state index in [0.717, 1.165) is 21.4 Å². The maximum atomic E-state index is 5.62. The number of thiocarbonyl (C=S) groups is 1. The third-order valence-corrected chi connectivity index (χ3v) is 3.78. The van der Waals surface area contributed by atoms with E-state index in [-0.39, 0.29) is 0 Å². The van der Waals surface area contributed by atoms with Crippen LogP contribution in [0.1, 0.15) is 5.56 Å². The lowest BCUT2D eigenvalue weighted by atomic mass is 10.2. The number of hydrogen-bond donors (Lipinski definition) is 2. The van der Waals surface area contributed by atoms with E-state index in [0.29, 0.717) is 16.5 Å². The van der Waals surface area contributed by atoms with Crippen molar-refractivity contribution in [1.29, 1.82) is 0 Å². The molecular formula is C15H15BrN2O2S. The summed E-state index contributed by atoms with van der Waals surface area (Å²) in [4.78, 5) is 0.366. The molecule has 0 heterocycles. The lowest BCUT2D eigenvalue weighted by molar-refractivity contribution is 0.395. The molecule has 0 amide bonds. The summed E-state index contributed by atoms with van der Waals surface area (Å²) < 4.78 is 11.4. The van der Waals surface area contributed by atoms with Crippen LogP contribution >= 0.6 is 28.1 Å². The van der Waals surface area contributed by atoms with Crippen molar-refractivity contribution in [2.75, 3.05) is 19.5 Å². The summed E-state index contributed by atoms with van der Waals surface area (Å²) in [5.41, 5.74) is 8.18. The molecule has 4 nitrogen and oxygen atoms in total. The highest BCUT2D eigenvalue weighted by atomic mass is 79.9. The Morgan fingerprint density at radius 1 is 1.10 bits per heavy atom. The first-order chi connectivity index (χ1) is 10.0. The zero-order valence-electron chi connectivity index (χ0n) is 11.6. The first-order valence-electron chi connectivity index (χ1n) is 6.13. The minimum absolute atomic E-state index is 0.366. The fourth-order valence-corrected chi connectivity index (χ4v) is 2.41. The van der Waals surface area contributed by atoms with Crippen molar-refractivity contribution in [2.45, 2.75) is 0 Å². The van der Waals surface area contributed by atoms with E-state index >= 15 is 0 Å². The Morgan fingerprint density at radius 3 is 2.19 bits per heavy atom. The van der Waals surface area contributed by atoms with Gasteiger partial charge in [-0.2, -0.15) is 0 Å². The van der Waals surface area contributed by atoms with Crippen LogP contribution in [-0.4, -0.2) is 19.2 Å². The molecule has 0 bridgehead atoms. The normalized spacial score (nSPS) is 10.0. The molecule has 0 radical (unpaired) electrons. The van der Waals surface area contributed by atoms with Crippen LogP contribution < -0.4 is 20.5 Å². The topological polar surface area (TPSA) is 56.5 Å². The standard InChI is InChI=1S/C15H15BrN2O2S/c1-19-11-6-10(7-12(8-11)20-2)18-14-4-3-9(15(17)21)5-13(14)16/h3-8,18H,1-2H3,(H2,17,21). The highest BCUT2D eigenvalue weighted by Crippen LogP contribution is 2.31. The molecule has 0 spiro atoms. The molecule has 0 saturated carbocycles. The van der Waals surface area contributed by atoms with Crippen LogP contribution in [0.4, 0.5) is 11.4 Å². The number of hydrogen-bond acceptors (Lipinski definition) is 4. The zero-order chi connectivity index (χ0) is 15.4. The number of benzene rings is 2. The molecule has 21 heavy (non-hydrogen) atoms. The molecule has 2 aromatic rings. The molecular weight excluding hydrogens is 352 g/mol. The van der Waals surface area contributed by atoms with Crippen LogP contribution in [0.25, 0.3) is 0 Å². The fraction of sp³-hybridized carbons (Fsp3) is 0.133. The van der Waals surface area contributed by atoms with Crippen molar-refractivity contribution in [3.05, 3.63) is 46.4 Å². The summed E-state index contributed by atoms with van der Waals surface area (Å²) >= 11 is 8.47. The molecule has 3 N–H and O–H groups in total. The van der Waals surface area contributed by atoms with E-state index in [1.807, 2.05) is 36.4 Å². The van der Waals surface area contributed by atoms with E-state index in [1.54, 1.807) is 14.2 Å². The molecule has 0 atom stereocenters. The van der Waals surface area contributed by atoms with Gasteiger partial charge in [0.25, 0.3) is 0 Å². The largest absolute Gasteiger partial charge is 0.497 e. The number of rotatable bonds is 5. The van der Waals surface area contributed by atoms with Gasteiger partial charge in [0.15, 0.2) is 0 Å². The molecule has 0 aliphatic carbocycles. The third-order valence-electron chi connectivity index (χ3n) is 2.88. The van der Waals surface area contributed by atoms with E-state index in [1.165, 1.54) is 0 Å². The van der Waals surface area contributed by atoms with Crippen LogP contribution in [0.5, 0.6) is 11.5 Å². The van der Waals surface area contributed by atoms with Gasteiger partial charge in [0.05, 0.1) is 19.9 Å². The number of nitrogens with one attached hydrogen (secondary N) is 1. The molecule has 0 saturated heterocycles. The van der Waals surface area contributed by atoms with Gasteiger partial charge in [-0.05, 0) is 34.1 Å². The van der Waals surface area contributed by atoms with Crippen molar-refractivity contribution in [1.82, 2.24) is 0 Å². The Bertz CT molecular complexity index is 654. The van der Waals surface area contributed by atoms with E-state index in [9.17, 15) is 0 Å². The second kappa shape index (κ2) is 6.78. The lowest BCUT2D eigenvalue weighted by Crippen LogP contribution is -2.09. The Morgan fingerprint density at radius 2 is 1.71 bits per heavy atom. The Balaban J connectivity index is 2.31. The Hall–Kier alpha value is -1.79. The van der Waals surface area contributed by atoms with Gasteiger partial charge in [-0.3, -0.25) is 0 Å². The van der Waals surface area contributed by atoms with Crippen LogP contribution in [0.2, 0.25) is 0 Å². The average Bonchev–Trinajstić information content (AvgIpc) is 2.48. The van der Waals surface area contributed by atoms with E-state index < -0.39 is 0 Å². The van der Waals surface area contributed by atoms with Crippen molar-refractivity contribution < 1.29 is 9.47 Å². The maximum Gasteiger partial charge on any atom is 0.124 e. The van der Waals surface area contributed by atoms with Gasteiger partial charge in [0.1, 0.15) is 16.5 Å². The SMILES string of the molecule is COc1cc(Nc2ccc(C(N)=S)cc2Br)cc(OC)c1. The minimum atomic E-state index is 0.366. The highest BCUT2D eigenvalue weighted by molar-refractivity contribution is 9.10. The first kappa shape index (κ1) is 15.6. The summed E-state index contributed by atoms with van der Waals surface area (Å²) in [5, 5.41) is 3.30. The first-order valence-corrected chi connectivity index (χ1v) is 7.33. The van der Waals surface area contributed by atoms with Crippen molar-refractivity contribution >= 4 is 44.5 Å². The maximum absolute atomic E-state index is 5.62. The molecule has 0 aliphatic heterocycles. The predicted octanol–water partition coefficient (Wildman–Crippen LogP) is 3.84. The van der Waals surface area contributed by atoms with Gasteiger partial charge in [0, 0.05) is 33.9 Å². The summed E-state index contributed by atoms with van der Waals surface area (Å²) in [6, 6.07) is 11.2. The molecule has 0 unspecified atom stereocenters. The van der Waals surface area contributed by atoms with Crippen LogP contribution in [-0.2, 0) is 0 Å². The summed E-state index contributed by atoms with van der Waals surface area (Å²) in [6.45, 7) is 0. The van der Waals surface area contributed by atoms with Gasteiger partial charge >= 0.3 is 0 Å². The molecule has 2 aromatic carbocycles. The van der Waals surface area contributed by atoms with E-state index in [2.05, 4.69) is 21.2 Å². The lowest BCUT2D eigenvalue weighted by Gasteiger charge is -2.12. The minimum Gasteiger partial charge on any atom is -0.497 e. The van der Waals surface area contributed by atoms with Crippen molar-refractivity contribution in [3.8, 4) is 11.5 Å². The number of ether oxygens (including phenoxy) is 2. The molecule has 0 fully saturated rings. The van der Waals surface area contributed by atoms with Gasteiger partial charge in [-0.15, -0.1) is 0 Å². The number of methoxy groups -OCH3 is 2. The van der Waals surface area contributed by atoms with Gasteiger partial charge in [-0.25, -0.2) is 0 Å². The Kier molecular flexibility index (Phi) is 5.03. The second-order valence-corrected chi connectivity index (χ2v) is 5.58. The van der Waals surface area contributed by atoms with Crippen LogP contribution in [0.3, 0.4) is 0 Å². The smallest absolute Gasteiger partial charge is 0.124 e. The summed E-state index contributed by atoms with van der Waals surface area (Å²) in [6.07, 6.45) is 0. The highest BCUT2D eigenvalue weighted by Gasteiger charge is 2.06. The van der Waals surface area contributed by atoms with Crippen molar-refractivity contribution in [3.63, 3.8) is 0 Å². The zero-order valence-corrected chi connectivity index (χ0v) is 14.0. The number of anilines is 2. The summed E-state index contributed by atoms with van der Waals surface area (Å²) in [7, 11) is 3.23. The monoisotopic (exact) mass is 366 g/mol. The molecule has 0 aliphatic rings.